The van der Waals surface area contributed by atoms with E-state index in [9.17, 15) is 17.4 Å². The molecule has 0 aliphatic rings. The highest BCUT2D eigenvalue weighted by atomic mass is 32.2. The van der Waals surface area contributed by atoms with Crippen molar-refractivity contribution in [3.8, 4) is 0 Å². The lowest BCUT2D eigenvalue weighted by Gasteiger charge is -2.08. The lowest BCUT2D eigenvalue weighted by molar-refractivity contribution is -0.137. The van der Waals surface area contributed by atoms with Crippen LogP contribution >= 0.6 is 0 Å². The first kappa shape index (κ1) is 14.2. The SMILES string of the molecule is CC(N)CS(=O)Cc1ccc(C(F)(F)F)cc1. The molecule has 0 heterocycles. The van der Waals surface area contributed by atoms with Gasteiger partial charge in [0.05, 0.1) is 5.56 Å². The fraction of sp³-hybridized carbons (Fsp3) is 0.455. The second-order valence-corrected chi connectivity index (χ2v) is 5.42. The van der Waals surface area contributed by atoms with Crippen molar-refractivity contribution in [1.82, 2.24) is 0 Å². The summed E-state index contributed by atoms with van der Waals surface area (Å²) in [7, 11) is -1.14. The van der Waals surface area contributed by atoms with E-state index in [0.717, 1.165) is 12.1 Å². The molecule has 0 radical (unpaired) electrons. The standard InChI is InChI=1S/C11H14F3NOS/c1-8(15)6-17(16)7-9-2-4-10(5-3-9)11(12,13)14/h2-5,8H,6-7,15H2,1H3. The predicted octanol–water partition coefficient (Wildman–Crippen LogP) is 2.30. The summed E-state index contributed by atoms with van der Waals surface area (Å²) < 4.78 is 48.3. The first-order valence-electron chi connectivity index (χ1n) is 5.05. The number of halogens is 3. The first-order chi connectivity index (χ1) is 7.79. The molecule has 96 valence electrons. The Labute approximate surface area is 100 Å². The Morgan fingerprint density at radius 1 is 1.29 bits per heavy atom. The number of hydrogen-bond donors (Lipinski definition) is 1. The van der Waals surface area contributed by atoms with Crippen LogP contribution in [-0.2, 0) is 22.7 Å². The van der Waals surface area contributed by atoms with Gasteiger partial charge in [-0.05, 0) is 24.6 Å². The van der Waals surface area contributed by atoms with Crippen molar-refractivity contribution >= 4 is 10.8 Å². The maximum absolute atomic E-state index is 12.3. The van der Waals surface area contributed by atoms with Crippen molar-refractivity contribution in [3.05, 3.63) is 35.4 Å². The fourth-order valence-corrected chi connectivity index (χ4v) is 2.60. The molecular weight excluding hydrogens is 251 g/mol. The highest BCUT2D eigenvalue weighted by Crippen LogP contribution is 2.29. The molecule has 2 atom stereocenters. The van der Waals surface area contributed by atoms with Crippen LogP contribution in [-0.4, -0.2) is 16.0 Å². The van der Waals surface area contributed by atoms with Gasteiger partial charge in [-0.2, -0.15) is 13.2 Å². The van der Waals surface area contributed by atoms with Crippen LogP contribution in [0.5, 0.6) is 0 Å². The van der Waals surface area contributed by atoms with E-state index in [1.807, 2.05) is 0 Å². The normalized spacial score (nSPS) is 15.6. The van der Waals surface area contributed by atoms with E-state index in [-0.39, 0.29) is 11.8 Å². The van der Waals surface area contributed by atoms with Gasteiger partial charge in [-0.25, -0.2) is 0 Å². The molecule has 6 heteroatoms. The summed E-state index contributed by atoms with van der Waals surface area (Å²) in [5.74, 6) is 0.584. The van der Waals surface area contributed by atoms with Gasteiger partial charge in [0, 0.05) is 28.3 Å². The van der Waals surface area contributed by atoms with E-state index < -0.39 is 22.5 Å². The lowest BCUT2D eigenvalue weighted by Crippen LogP contribution is -2.23. The molecule has 0 amide bonds. The van der Waals surface area contributed by atoms with Gasteiger partial charge in [0.1, 0.15) is 0 Å². The Morgan fingerprint density at radius 3 is 2.24 bits per heavy atom. The Balaban J connectivity index is 2.66. The third-order valence-corrected chi connectivity index (χ3v) is 3.61. The van der Waals surface area contributed by atoms with Gasteiger partial charge in [0.2, 0.25) is 0 Å². The largest absolute Gasteiger partial charge is 0.416 e. The van der Waals surface area contributed by atoms with E-state index in [1.165, 1.54) is 12.1 Å². The van der Waals surface area contributed by atoms with Crippen molar-refractivity contribution in [2.45, 2.75) is 24.9 Å². The van der Waals surface area contributed by atoms with E-state index in [2.05, 4.69) is 0 Å². The average molecular weight is 265 g/mol. The first-order valence-corrected chi connectivity index (χ1v) is 6.54. The van der Waals surface area contributed by atoms with Crippen LogP contribution in [0, 0.1) is 0 Å². The zero-order valence-corrected chi connectivity index (χ0v) is 10.1. The second kappa shape index (κ2) is 5.64. The van der Waals surface area contributed by atoms with Crippen LogP contribution < -0.4 is 5.73 Å². The Morgan fingerprint density at radius 2 is 1.82 bits per heavy atom. The highest BCUT2D eigenvalue weighted by molar-refractivity contribution is 7.84. The van der Waals surface area contributed by atoms with E-state index in [1.54, 1.807) is 6.92 Å². The molecule has 0 fully saturated rings. The summed E-state index contributed by atoms with van der Waals surface area (Å²) in [5.41, 5.74) is 5.41. The van der Waals surface area contributed by atoms with Gasteiger partial charge in [-0.15, -0.1) is 0 Å². The van der Waals surface area contributed by atoms with Gasteiger partial charge >= 0.3 is 6.18 Å². The molecule has 17 heavy (non-hydrogen) atoms. The van der Waals surface area contributed by atoms with Gasteiger partial charge in [-0.1, -0.05) is 12.1 Å². The molecular formula is C11H14F3NOS. The monoisotopic (exact) mass is 265 g/mol. The quantitative estimate of drug-likeness (QED) is 0.907. The third kappa shape index (κ3) is 4.87. The minimum atomic E-state index is -4.33. The zero-order valence-electron chi connectivity index (χ0n) is 9.33. The number of rotatable bonds is 4. The van der Waals surface area contributed by atoms with Crippen LogP contribution in [0.4, 0.5) is 13.2 Å². The number of alkyl halides is 3. The maximum Gasteiger partial charge on any atom is 0.416 e. The molecule has 0 spiro atoms. The number of benzene rings is 1. The minimum Gasteiger partial charge on any atom is -0.327 e. The molecule has 1 aromatic carbocycles. The Kier molecular flexibility index (Phi) is 4.70. The molecule has 0 aromatic heterocycles. The van der Waals surface area contributed by atoms with Crippen molar-refractivity contribution in [2.24, 2.45) is 5.73 Å². The van der Waals surface area contributed by atoms with Crippen LogP contribution in [0.3, 0.4) is 0 Å². The van der Waals surface area contributed by atoms with Crippen molar-refractivity contribution in [1.29, 1.82) is 0 Å². The molecule has 2 nitrogen and oxygen atoms in total. The molecule has 1 aromatic rings. The van der Waals surface area contributed by atoms with Gasteiger partial charge in [0.15, 0.2) is 0 Å². The van der Waals surface area contributed by atoms with Crippen LogP contribution in [0.1, 0.15) is 18.1 Å². The molecule has 0 saturated heterocycles. The third-order valence-electron chi connectivity index (χ3n) is 2.06. The van der Waals surface area contributed by atoms with Gasteiger partial charge < -0.3 is 5.73 Å². The highest BCUT2D eigenvalue weighted by Gasteiger charge is 2.29. The van der Waals surface area contributed by atoms with Gasteiger partial charge in [-0.3, -0.25) is 4.21 Å². The second-order valence-electron chi connectivity index (χ2n) is 3.92. The summed E-state index contributed by atoms with van der Waals surface area (Å²) in [6, 6.07) is 4.52. The molecule has 0 saturated carbocycles. The topological polar surface area (TPSA) is 43.1 Å². The van der Waals surface area contributed by atoms with Crippen LogP contribution in [0.25, 0.3) is 0 Å². The van der Waals surface area contributed by atoms with Crippen LogP contribution in [0.15, 0.2) is 24.3 Å². The van der Waals surface area contributed by atoms with E-state index in [0.29, 0.717) is 11.3 Å². The van der Waals surface area contributed by atoms with E-state index in [4.69, 9.17) is 5.73 Å². The molecule has 0 aliphatic carbocycles. The Hall–Kier alpha value is -0.880. The minimum absolute atomic E-state index is 0.176. The summed E-state index contributed by atoms with van der Waals surface area (Å²) >= 11 is 0. The summed E-state index contributed by atoms with van der Waals surface area (Å²) in [4.78, 5) is 0. The average Bonchev–Trinajstić information content (AvgIpc) is 2.15. The van der Waals surface area contributed by atoms with Crippen molar-refractivity contribution < 1.29 is 17.4 Å². The maximum atomic E-state index is 12.3. The molecule has 1 rings (SSSR count). The zero-order chi connectivity index (χ0) is 13.1. The molecule has 0 bridgehead atoms. The molecule has 2 unspecified atom stereocenters. The van der Waals surface area contributed by atoms with Gasteiger partial charge in [0.25, 0.3) is 0 Å². The number of nitrogens with two attached hydrogens (primary N) is 1. The summed E-state index contributed by atoms with van der Waals surface area (Å²) in [6.07, 6.45) is -4.33. The Bertz CT molecular complexity index is 387. The molecule has 2 N–H and O–H groups in total. The van der Waals surface area contributed by atoms with Crippen LogP contribution in [0.2, 0.25) is 0 Å². The van der Waals surface area contributed by atoms with Crippen molar-refractivity contribution in [2.75, 3.05) is 5.75 Å². The number of hydrogen-bond acceptors (Lipinski definition) is 2. The van der Waals surface area contributed by atoms with E-state index >= 15 is 0 Å². The lowest BCUT2D eigenvalue weighted by atomic mass is 10.1. The fourth-order valence-electron chi connectivity index (χ4n) is 1.33. The predicted molar refractivity (Wildman–Crippen MR) is 61.8 cm³/mol. The summed E-state index contributed by atoms with van der Waals surface area (Å²) in [6.45, 7) is 1.74. The molecule has 0 aliphatic heterocycles. The van der Waals surface area contributed by atoms with Crippen molar-refractivity contribution in [3.63, 3.8) is 0 Å². The smallest absolute Gasteiger partial charge is 0.327 e. The summed E-state index contributed by atoms with van der Waals surface area (Å²) in [5, 5.41) is 0.